The van der Waals surface area contributed by atoms with Crippen molar-refractivity contribution < 1.29 is 27.0 Å². The second kappa shape index (κ2) is 8.81. The summed E-state index contributed by atoms with van der Waals surface area (Å²) < 4.78 is 63.3. The molecule has 2 atom stereocenters. The highest BCUT2D eigenvalue weighted by atomic mass is 32.2. The lowest BCUT2D eigenvalue weighted by atomic mass is 9.91. The van der Waals surface area contributed by atoms with Gasteiger partial charge in [0, 0.05) is 19.1 Å². The Hall–Kier alpha value is -2.32. The second-order valence-corrected chi connectivity index (χ2v) is 9.74. The fourth-order valence-corrected chi connectivity index (χ4v) is 5.47. The van der Waals surface area contributed by atoms with Crippen molar-refractivity contribution in [2.24, 2.45) is 4.40 Å². The van der Waals surface area contributed by atoms with Crippen LogP contribution in [0.2, 0.25) is 0 Å². The van der Waals surface area contributed by atoms with Gasteiger partial charge in [-0.3, -0.25) is 0 Å². The highest BCUT2D eigenvalue weighted by Gasteiger charge is 2.46. The van der Waals surface area contributed by atoms with Crippen LogP contribution in [0.5, 0.6) is 0 Å². The number of hydrogen-bond acceptors (Lipinski definition) is 4. The van der Waals surface area contributed by atoms with Gasteiger partial charge < -0.3 is 9.84 Å². The van der Waals surface area contributed by atoms with Crippen molar-refractivity contribution >= 4 is 15.9 Å². The monoisotopic (exact) mass is 437 g/mol. The van der Waals surface area contributed by atoms with E-state index in [1.165, 1.54) is 6.07 Å². The van der Waals surface area contributed by atoms with Crippen LogP contribution in [0.3, 0.4) is 0 Å². The Balaban J connectivity index is 1.89. The summed E-state index contributed by atoms with van der Waals surface area (Å²) in [6.45, 7) is 3.13. The van der Waals surface area contributed by atoms with Gasteiger partial charge in [-0.15, -0.1) is 4.40 Å². The summed E-state index contributed by atoms with van der Waals surface area (Å²) in [4.78, 5) is 0. The van der Waals surface area contributed by atoms with Crippen LogP contribution in [0.4, 0.5) is 8.78 Å². The number of rotatable bonds is 7. The van der Waals surface area contributed by atoms with Gasteiger partial charge in [0.05, 0.1) is 0 Å². The van der Waals surface area contributed by atoms with Crippen LogP contribution in [0, 0.1) is 11.6 Å². The minimum atomic E-state index is -3.89. The second-order valence-electron chi connectivity index (χ2n) is 7.96. The molecule has 5 nitrogen and oxygen atoms in total. The van der Waals surface area contributed by atoms with E-state index in [-0.39, 0.29) is 37.3 Å². The number of aliphatic hydroxyl groups is 1. The van der Waals surface area contributed by atoms with Crippen LogP contribution in [0.15, 0.2) is 52.9 Å². The number of halogens is 2. The Morgan fingerprint density at radius 3 is 2.47 bits per heavy atom. The smallest absolute Gasteiger partial charge is 0.263 e. The number of hydrogen-bond donors (Lipinski definition) is 1. The van der Waals surface area contributed by atoms with E-state index in [9.17, 15) is 22.3 Å². The van der Waals surface area contributed by atoms with Crippen molar-refractivity contribution in [3.63, 3.8) is 0 Å². The Morgan fingerprint density at radius 1 is 1.17 bits per heavy atom. The Labute approximate surface area is 175 Å². The summed E-state index contributed by atoms with van der Waals surface area (Å²) in [6, 6.07) is 12.4. The molecule has 3 rings (SSSR count). The fourth-order valence-electron chi connectivity index (χ4n) is 3.78. The first-order chi connectivity index (χ1) is 14.1. The van der Waals surface area contributed by atoms with Crippen LogP contribution < -0.4 is 0 Å². The summed E-state index contributed by atoms with van der Waals surface area (Å²) in [5.41, 5.74) is -0.0251. The van der Waals surface area contributed by atoms with E-state index in [1.807, 2.05) is 30.3 Å². The molecule has 0 spiro atoms. The lowest BCUT2D eigenvalue weighted by Crippen LogP contribution is -2.50. The molecule has 0 aliphatic carbocycles. The van der Waals surface area contributed by atoms with Crippen molar-refractivity contribution in [3.05, 3.63) is 71.3 Å². The Bertz CT molecular complexity index is 1020. The first-order valence-electron chi connectivity index (χ1n) is 9.74. The van der Waals surface area contributed by atoms with Crippen LogP contribution in [-0.4, -0.2) is 36.9 Å². The van der Waals surface area contributed by atoms with E-state index in [2.05, 4.69) is 4.40 Å². The van der Waals surface area contributed by atoms with E-state index < -0.39 is 38.4 Å². The van der Waals surface area contributed by atoms with Crippen LogP contribution in [0.25, 0.3) is 0 Å². The van der Waals surface area contributed by atoms with Gasteiger partial charge in [-0.2, -0.15) is 0 Å². The SMILES string of the molecule is CC1(C)OC(C[C@@H](CCO)c2ccc(F)cc2F)=NS(=O)(=O)C1Cc1ccccc1. The highest BCUT2D eigenvalue weighted by molar-refractivity contribution is 7.91. The average molecular weight is 438 g/mol. The third-order valence-electron chi connectivity index (χ3n) is 5.31. The molecule has 1 unspecified atom stereocenters. The number of nitrogens with zero attached hydrogens (tertiary/aromatic N) is 1. The molecule has 1 N–H and O–H groups in total. The predicted molar refractivity (Wildman–Crippen MR) is 111 cm³/mol. The molecule has 1 aliphatic rings. The van der Waals surface area contributed by atoms with Crippen molar-refractivity contribution in [1.29, 1.82) is 0 Å². The van der Waals surface area contributed by atoms with Crippen molar-refractivity contribution in [3.8, 4) is 0 Å². The Morgan fingerprint density at radius 2 is 1.87 bits per heavy atom. The molecule has 162 valence electrons. The molecule has 0 bridgehead atoms. The first kappa shape index (κ1) is 22.4. The largest absolute Gasteiger partial charge is 0.473 e. The molecule has 1 heterocycles. The molecule has 0 fully saturated rings. The number of benzene rings is 2. The standard InChI is InChI=1S/C22H25F2NO4S/c1-22(2)20(12-15-6-4-3-5-7-15)30(27,28)25-21(29-22)13-16(10-11-26)18-9-8-17(23)14-19(18)24/h3-9,14,16,20,26H,10-13H2,1-2H3/t16-,20?/m1/s1. The first-order valence-corrected chi connectivity index (χ1v) is 11.2. The van der Waals surface area contributed by atoms with Crippen molar-refractivity contribution in [1.82, 2.24) is 0 Å². The third kappa shape index (κ3) is 5.05. The zero-order valence-corrected chi connectivity index (χ0v) is 17.7. The fraction of sp³-hybridized carbons (Fsp3) is 0.409. The van der Waals surface area contributed by atoms with Crippen molar-refractivity contribution in [2.45, 2.75) is 49.9 Å². The predicted octanol–water partition coefficient (Wildman–Crippen LogP) is 3.97. The average Bonchev–Trinajstić information content (AvgIpc) is 2.65. The summed E-state index contributed by atoms with van der Waals surface area (Å²) in [5.74, 6) is -2.11. The van der Waals surface area contributed by atoms with Crippen LogP contribution in [-0.2, 0) is 21.2 Å². The Kier molecular flexibility index (Phi) is 6.57. The van der Waals surface area contributed by atoms with Gasteiger partial charge in [-0.25, -0.2) is 17.2 Å². The van der Waals surface area contributed by atoms with E-state index >= 15 is 0 Å². The molecular weight excluding hydrogens is 412 g/mol. The van der Waals surface area contributed by atoms with Crippen LogP contribution >= 0.6 is 0 Å². The minimum absolute atomic E-state index is 0.0240. The van der Waals surface area contributed by atoms with Gasteiger partial charge in [0.15, 0.2) is 0 Å². The van der Waals surface area contributed by atoms with Gasteiger partial charge in [-0.1, -0.05) is 36.4 Å². The molecule has 2 aromatic carbocycles. The molecule has 1 aliphatic heterocycles. The number of ether oxygens (including phenoxy) is 1. The zero-order valence-electron chi connectivity index (χ0n) is 16.9. The van der Waals surface area contributed by atoms with E-state index in [1.54, 1.807) is 13.8 Å². The molecule has 0 saturated heterocycles. The maximum Gasteiger partial charge on any atom is 0.263 e. The topological polar surface area (TPSA) is 76.0 Å². The van der Waals surface area contributed by atoms with Crippen molar-refractivity contribution in [2.75, 3.05) is 6.61 Å². The van der Waals surface area contributed by atoms with Gasteiger partial charge in [0.1, 0.15) is 22.5 Å². The lowest BCUT2D eigenvalue weighted by molar-refractivity contribution is 0.0797. The van der Waals surface area contributed by atoms with Gasteiger partial charge in [0.25, 0.3) is 10.0 Å². The van der Waals surface area contributed by atoms with Crippen LogP contribution in [0.1, 0.15) is 43.7 Å². The molecule has 0 amide bonds. The normalized spacial score (nSPS) is 20.8. The third-order valence-corrected chi connectivity index (χ3v) is 7.22. The molecule has 30 heavy (non-hydrogen) atoms. The van der Waals surface area contributed by atoms with E-state index in [0.717, 1.165) is 17.7 Å². The zero-order chi connectivity index (χ0) is 21.9. The minimum Gasteiger partial charge on any atom is -0.473 e. The molecule has 0 saturated carbocycles. The molecule has 0 aromatic heterocycles. The summed E-state index contributed by atoms with van der Waals surface area (Å²) in [6.07, 6.45) is 0.377. The van der Waals surface area contributed by atoms with Gasteiger partial charge in [-0.05, 0) is 49.8 Å². The lowest BCUT2D eigenvalue weighted by Gasteiger charge is -2.37. The summed E-state index contributed by atoms with van der Waals surface area (Å²) in [5, 5.41) is 8.51. The van der Waals surface area contributed by atoms with Gasteiger partial charge in [0.2, 0.25) is 5.90 Å². The molecule has 0 radical (unpaired) electrons. The highest BCUT2D eigenvalue weighted by Crippen LogP contribution is 2.34. The van der Waals surface area contributed by atoms with E-state index in [0.29, 0.717) is 0 Å². The maximum atomic E-state index is 14.3. The van der Waals surface area contributed by atoms with Gasteiger partial charge >= 0.3 is 0 Å². The summed E-state index contributed by atoms with van der Waals surface area (Å²) in [7, 11) is -3.89. The maximum absolute atomic E-state index is 14.3. The van der Waals surface area contributed by atoms with E-state index in [4.69, 9.17) is 4.74 Å². The summed E-state index contributed by atoms with van der Waals surface area (Å²) >= 11 is 0. The number of aliphatic hydroxyl groups excluding tert-OH is 1. The quantitative estimate of drug-likeness (QED) is 0.711. The molecular formula is C22H25F2NO4S. The molecule has 8 heteroatoms. The molecule has 2 aromatic rings. The number of sulfonamides is 1.